The van der Waals surface area contributed by atoms with Gasteiger partial charge in [-0.1, -0.05) is 17.7 Å². The fourth-order valence-corrected chi connectivity index (χ4v) is 1.90. The van der Waals surface area contributed by atoms with Crippen LogP contribution >= 0.6 is 11.6 Å². The van der Waals surface area contributed by atoms with Crippen LogP contribution in [0.1, 0.15) is 16.1 Å². The monoisotopic (exact) mass is 290 g/mol. The standard InChI is InChI=1S/C14H15ClN4O/c1-9-4-5-10(8-12(9)19(2)3)16-14(20)11-6-7-13(15)18-17-11/h4-8H,1-3H3,(H,16,20). The molecule has 0 aliphatic carbocycles. The Labute approximate surface area is 122 Å². The van der Waals surface area contributed by atoms with E-state index in [1.54, 1.807) is 0 Å². The first-order chi connectivity index (χ1) is 9.47. The van der Waals surface area contributed by atoms with Gasteiger partial charge in [-0.2, -0.15) is 0 Å². The Morgan fingerprint density at radius 1 is 1.20 bits per heavy atom. The summed E-state index contributed by atoms with van der Waals surface area (Å²) in [5, 5.41) is 10.4. The van der Waals surface area contributed by atoms with Crippen molar-refractivity contribution in [1.82, 2.24) is 10.2 Å². The Kier molecular flexibility index (Phi) is 4.20. The number of carbonyl (C=O) groups excluding carboxylic acids is 1. The van der Waals surface area contributed by atoms with E-state index in [1.165, 1.54) is 12.1 Å². The number of benzene rings is 1. The normalized spacial score (nSPS) is 10.2. The SMILES string of the molecule is Cc1ccc(NC(=O)c2ccc(Cl)nn2)cc1N(C)C. The van der Waals surface area contributed by atoms with E-state index >= 15 is 0 Å². The highest BCUT2D eigenvalue weighted by Gasteiger charge is 2.10. The number of aromatic nitrogens is 2. The number of hydrogen-bond donors (Lipinski definition) is 1. The molecule has 0 unspecified atom stereocenters. The molecule has 0 saturated heterocycles. The Morgan fingerprint density at radius 3 is 2.55 bits per heavy atom. The van der Waals surface area contributed by atoms with Gasteiger partial charge < -0.3 is 10.2 Å². The minimum Gasteiger partial charge on any atom is -0.377 e. The van der Waals surface area contributed by atoms with Crippen molar-refractivity contribution in [2.24, 2.45) is 0 Å². The second-order valence-corrected chi connectivity index (χ2v) is 4.98. The van der Waals surface area contributed by atoms with Crippen LogP contribution in [0.4, 0.5) is 11.4 Å². The molecule has 20 heavy (non-hydrogen) atoms. The quantitative estimate of drug-likeness (QED) is 0.944. The summed E-state index contributed by atoms with van der Waals surface area (Å²) < 4.78 is 0. The molecule has 2 aromatic rings. The topological polar surface area (TPSA) is 58.1 Å². The average molecular weight is 291 g/mol. The summed E-state index contributed by atoms with van der Waals surface area (Å²) in [6.45, 7) is 2.02. The third-order valence-electron chi connectivity index (χ3n) is 2.81. The van der Waals surface area contributed by atoms with Crippen LogP contribution in [0.2, 0.25) is 5.15 Å². The third kappa shape index (κ3) is 3.24. The van der Waals surface area contributed by atoms with Gasteiger partial charge in [-0.3, -0.25) is 4.79 Å². The summed E-state index contributed by atoms with van der Waals surface area (Å²) in [6, 6.07) is 8.79. The van der Waals surface area contributed by atoms with Crippen molar-refractivity contribution < 1.29 is 4.79 Å². The smallest absolute Gasteiger partial charge is 0.276 e. The van der Waals surface area contributed by atoms with E-state index < -0.39 is 0 Å². The van der Waals surface area contributed by atoms with E-state index in [0.717, 1.165) is 11.3 Å². The van der Waals surface area contributed by atoms with E-state index in [2.05, 4.69) is 15.5 Å². The molecule has 1 heterocycles. The van der Waals surface area contributed by atoms with Crippen molar-refractivity contribution in [2.75, 3.05) is 24.3 Å². The Hall–Kier alpha value is -2.14. The van der Waals surface area contributed by atoms with Crippen molar-refractivity contribution >= 4 is 28.9 Å². The van der Waals surface area contributed by atoms with E-state index in [-0.39, 0.29) is 16.8 Å². The fourth-order valence-electron chi connectivity index (χ4n) is 1.80. The zero-order valence-corrected chi connectivity index (χ0v) is 12.3. The second-order valence-electron chi connectivity index (χ2n) is 4.59. The van der Waals surface area contributed by atoms with Gasteiger partial charge in [0.15, 0.2) is 10.8 Å². The van der Waals surface area contributed by atoms with Crippen molar-refractivity contribution in [1.29, 1.82) is 0 Å². The maximum absolute atomic E-state index is 12.0. The van der Waals surface area contributed by atoms with Crippen molar-refractivity contribution in [3.05, 3.63) is 46.7 Å². The highest BCUT2D eigenvalue weighted by molar-refractivity contribution is 6.29. The number of aryl methyl sites for hydroxylation is 1. The molecule has 0 atom stereocenters. The number of hydrogen-bond acceptors (Lipinski definition) is 4. The number of anilines is 2. The summed E-state index contributed by atoms with van der Waals surface area (Å²) in [6.07, 6.45) is 0. The second kappa shape index (κ2) is 5.88. The number of rotatable bonds is 3. The molecule has 0 aliphatic rings. The number of halogens is 1. The lowest BCUT2D eigenvalue weighted by Gasteiger charge is -2.17. The van der Waals surface area contributed by atoms with E-state index in [1.807, 2.05) is 44.1 Å². The predicted octanol–water partition coefficient (Wildman–Crippen LogP) is 2.76. The lowest BCUT2D eigenvalue weighted by molar-refractivity contribution is 0.102. The molecule has 1 aromatic heterocycles. The maximum Gasteiger partial charge on any atom is 0.276 e. The van der Waals surface area contributed by atoms with Crippen molar-refractivity contribution in [3.8, 4) is 0 Å². The van der Waals surface area contributed by atoms with E-state index in [9.17, 15) is 4.79 Å². The molecule has 1 N–H and O–H groups in total. The number of nitrogens with one attached hydrogen (secondary N) is 1. The molecule has 0 fully saturated rings. The van der Waals surface area contributed by atoms with Gasteiger partial charge >= 0.3 is 0 Å². The Bertz CT molecular complexity index is 626. The molecule has 5 nitrogen and oxygen atoms in total. The first kappa shape index (κ1) is 14.3. The van der Waals surface area contributed by atoms with Gasteiger partial charge in [0.2, 0.25) is 0 Å². The number of carbonyl (C=O) groups is 1. The summed E-state index contributed by atoms with van der Waals surface area (Å²) in [5.74, 6) is -0.317. The minimum atomic E-state index is -0.317. The highest BCUT2D eigenvalue weighted by Crippen LogP contribution is 2.22. The van der Waals surface area contributed by atoms with Crippen LogP contribution in [0.15, 0.2) is 30.3 Å². The highest BCUT2D eigenvalue weighted by atomic mass is 35.5. The molecule has 1 amide bonds. The van der Waals surface area contributed by atoms with Gasteiger partial charge in [0, 0.05) is 25.5 Å². The summed E-state index contributed by atoms with van der Waals surface area (Å²) in [4.78, 5) is 14.0. The molecule has 0 saturated carbocycles. The molecular weight excluding hydrogens is 276 g/mol. The van der Waals surface area contributed by atoms with Crippen LogP contribution in [0.5, 0.6) is 0 Å². The summed E-state index contributed by atoms with van der Waals surface area (Å²) in [7, 11) is 3.91. The molecule has 0 spiro atoms. The molecular formula is C14H15ClN4O. The lowest BCUT2D eigenvalue weighted by Crippen LogP contribution is -2.15. The Balaban J connectivity index is 2.19. The predicted molar refractivity (Wildman–Crippen MR) is 80.5 cm³/mol. The van der Waals surface area contributed by atoms with Gasteiger partial charge in [0.25, 0.3) is 5.91 Å². The fraction of sp³-hybridized carbons (Fsp3) is 0.214. The molecule has 0 aliphatic heterocycles. The average Bonchev–Trinajstić information content (AvgIpc) is 2.41. The van der Waals surface area contributed by atoms with Gasteiger partial charge in [0.1, 0.15) is 0 Å². The molecule has 104 valence electrons. The van der Waals surface area contributed by atoms with Crippen molar-refractivity contribution in [2.45, 2.75) is 6.92 Å². The molecule has 2 rings (SSSR count). The minimum absolute atomic E-state index is 0.223. The van der Waals surface area contributed by atoms with E-state index in [4.69, 9.17) is 11.6 Å². The Morgan fingerprint density at radius 2 is 1.95 bits per heavy atom. The van der Waals surface area contributed by atoms with Crippen LogP contribution < -0.4 is 10.2 Å². The van der Waals surface area contributed by atoms with Gasteiger partial charge in [-0.05, 0) is 36.8 Å². The number of nitrogens with zero attached hydrogens (tertiary/aromatic N) is 3. The lowest BCUT2D eigenvalue weighted by atomic mass is 10.1. The van der Waals surface area contributed by atoms with Crippen LogP contribution in [-0.2, 0) is 0 Å². The zero-order chi connectivity index (χ0) is 14.7. The maximum atomic E-state index is 12.0. The largest absolute Gasteiger partial charge is 0.377 e. The molecule has 0 bridgehead atoms. The molecule has 0 radical (unpaired) electrons. The van der Waals surface area contributed by atoms with Gasteiger partial charge in [-0.25, -0.2) is 0 Å². The summed E-state index contributed by atoms with van der Waals surface area (Å²) >= 11 is 5.64. The van der Waals surface area contributed by atoms with Crippen LogP contribution in [-0.4, -0.2) is 30.2 Å². The van der Waals surface area contributed by atoms with Crippen LogP contribution in [0, 0.1) is 6.92 Å². The first-order valence-corrected chi connectivity index (χ1v) is 6.44. The van der Waals surface area contributed by atoms with Crippen LogP contribution in [0.3, 0.4) is 0 Å². The van der Waals surface area contributed by atoms with Gasteiger partial charge in [0.05, 0.1) is 0 Å². The number of amides is 1. The van der Waals surface area contributed by atoms with E-state index in [0.29, 0.717) is 5.69 Å². The molecule has 1 aromatic carbocycles. The molecule has 6 heteroatoms. The summed E-state index contributed by atoms with van der Waals surface area (Å²) in [5.41, 5.74) is 3.12. The van der Waals surface area contributed by atoms with Crippen molar-refractivity contribution in [3.63, 3.8) is 0 Å². The zero-order valence-electron chi connectivity index (χ0n) is 11.5. The van der Waals surface area contributed by atoms with Gasteiger partial charge in [-0.15, -0.1) is 10.2 Å². The first-order valence-electron chi connectivity index (χ1n) is 6.06. The third-order valence-corrected chi connectivity index (χ3v) is 3.02. The van der Waals surface area contributed by atoms with Crippen LogP contribution in [0.25, 0.3) is 0 Å².